The van der Waals surface area contributed by atoms with Crippen molar-refractivity contribution < 1.29 is 14.3 Å². The number of morpholine rings is 1. The van der Waals surface area contributed by atoms with Gasteiger partial charge in [0.2, 0.25) is 5.90 Å². The summed E-state index contributed by atoms with van der Waals surface area (Å²) in [6, 6.07) is 14.7. The monoisotopic (exact) mass is 389 g/mol. The average Bonchev–Trinajstić information content (AvgIpc) is 3.11. The Morgan fingerprint density at radius 1 is 1.10 bits per heavy atom. The highest BCUT2D eigenvalue weighted by Crippen LogP contribution is 2.21. The Morgan fingerprint density at radius 2 is 1.83 bits per heavy atom. The largest absolute Gasteiger partial charge is 0.402 e. The molecule has 0 aromatic heterocycles. The van der Waals surface area contributed by atoms with Gasteiger partial charge in [0, 0.05) is 35.8 Å². The van der Waals surface area contributed by atoms with E-state index in [2.05, 4.69) is 19.9 Å². The predicted octanol–water partition coefficient (Wildman–Crippen LogP) is 3.81. The summed E-state index contributed by atoms with van der Waals surface area (Å²) in [5.41, 5.74) is 11.9. The maximum Gasteiger partial charge on any atom is 0.363 e. The van der Waals surface area contributed by atoms with Crippen molar-refractivity contribution in [1.82, 2.24) is 4.90 Å². The molecule has 0 spiro atoms. The van der Waals surface area contributed by atoms with E-state index in [9.17, 15) is 4.79 Å². The number of hydrogen-bond donors (Lipinski definition) is 0. The van der Waals surface area contributed by atoms with E-state index in [-0.39, 0.29) is 5.70 Å². The highest BCUT2D eigenvalue weighted by atomic mass is 16.6. The minimum absolute atomic E-state index is 0.230. The van der Waals surface area contributed by atoms with Crippen molar-refractivity contribution >= 4 is 23.6 Å². The molecular formula is C21H19N5O3. The summed E-state index contributed by atoms with van der Waals surface area (Å²) in [6.07, 6.45) is 1.64. The first kappa shape index (κ1) is 18.9. The van der Waals surface area contributed by atoms with E-state index in [0.717, 1.165) is 44.0 Å². The minimum Gasteiger partial charge on any atom is -0.402 e. The number of benzene rings is 2. The quantitative estimate of drug-likeness (QED) is 0.255. The first-order valence-electron chi connectivity index (χ1n) is 9.28. The molecule has 29 heavy (non-hydrogen) atoms. The van der Waals surface area contributed by atoms with Gasteiger partial charge < -0.3 is 9.47 Å². The number of esters is 1. The summed E-state index contributed by atoms with van der Waals surface area (Å²) >= 11 is 0. The molecule has 1 fully saturated rings. The molecule has 2 aliphatic heterocycles. The van der Waals surface area contributed by atoms with Crippen LogP contribution in [0, 0.1) is 0 Å². The Morgan fingerprint density at radius 3 is 2.52 bits per heavy atom. The highest BCUT2D eigenvalue weighted by molar-refractivity contribution is 6.12. The molecule has 2 heterocycles. The van der Waals surface area contributed by atoms with Crippen LogP contribution in [0.15, 0.2) is 64.3 Å². The van der Waals surface area contributed by atoms with Crippen LogP contribution in [0.5, 0.6) is 0 Å². The Balaban J connectivity index is 1.47. The Kier molecular flexibility index (Phi) is 5.67. The van der Waals surface area contributed by atoms with Gasteiger partial charge in [-0.15, -0.1) is 0 Å². The van der Waals surface area contributed by atoms with Gasteiger partial charge in [0.1, 0.15) is 0 Å². The molecule has 0 saturated carbocycles. The molecule has 0 radical (unpaired) electrons. The molecule has 2 aromatic rings. The first-order chi connectivity index (χ1) is 14.2. The van der Waals surface area contributed by atoms with Crippen molar-refractivity contribution in [2.75, 3.05) is 26.3 Å². The van der Waals surface area contributed by atoms with Crippen molar-refractivity contribution in [3.63, 3.8) is 0 Å². The summed E-state index contributed by atoms with van der Waals surface area (Å²) in [6.45, 7) is 4.28. The number of azide groups is 1. The summed E-state index contributed by atoms with van der Waals surface area (Å²) in [7, 11) is 0. The summed E-state index contributed by atoms with van der Waals surface area (Å²) in [4.78, 5) is 21.6. The van der Waals surface area contributed by atoms with Gasteiger partial charge in [-0.2, -0.15) is 0 Å². The third-order valence-electron chi connectivity index (χ3n) is 4.69. The third-order valence-corrected chi connectivity index (χ3v) is 4.69. The minimum atomic E-state index is -0.489. The maximum atomic E-state index is 12.2. The molecule has 0 atom stereocenters. The van der Waals surface area contributed by atoms with Crippen LogP contribution in [-0.4, -0.2) is 43.1 Å². The van der Waals surface area contributed by atoms with Gasteiger partial charge in [0.25, 0.3) is 0 Å². The molecule has 4 rings (SSSR count). The zero-order chi connectivity index (χ0) is 20.1. The van der Waals surface area contributed by atoms with E-state index in [1.54, 1.807) is 30.3 Å². The van der Waals surface area contributed by atoms with Crippen LogP contribution < -0.4 is 0 Å². The summed E-state index contributed by atoms with van der Waals surface area (Å²) in [5.74, 6) is -0.193. The van der Waals surface area contributed by atoms with Gasteiger partial charge in [0.05, 0.1) is 13.2 Å². The van der Waals surface area contributed by atoms with Crippen LogP contribution in [0.3, 0.4) is 0 Å². The van der Waals surface area contributed by atoms with E-state index in [0.29, 0.717) is 11.6 Å². The summed E-state index contributed by atoms with van der Waals surface area (Å²) in [5, 5.41) is 3.52. The normalized spacial score (nSPS) is 18.3. The third kappa shape index (κ3) is 4.70. The smallest absolute Gasteiger partial charge is 0.363 e. The zero-order valence-electron chi connectivity index (χ0n) is 15.7. The Labute approximate surface area is 167 Å². The molecular weight excluding hydrogens is 370 g/mol. The van der Waals surface area contributed by atoms with Crippen LogP contribution in [0.1, 0.15) is 16.7 Å². The fourth-order valence-electron chi connectivity index (χ4n) is 3.15. The predicted molar refractivity (Wildman–Crippen MR) is 108 cm³/mol. The van der Waals surface area contributed by atoms with Crippen LogP contribution in [0.2, 0.25) is 0 Å². The molecule has 0 unspecified atom stereocenters. The number of cyclic esters (lactones) is 1. The number of carbonyl (C=O) groups excluding carboxylic acids is 1. The van der Waals surface area contributed by atoms with E-state index in [1.807, 2.05) is 24.3 Å². The molecule has 0 bridgehead atoms. The fourth-order valence-corrected chi connectivity index (χ4v) is 3.15. The second kappa shape index (κ2) is 8.70. The first-order valence-corrected chi connectivity index (χ1v) is 9.28. The van der Waals surface area contributed by atoms with Gasteiger partial charge in [-0.25, -0.2) is 9.79 Å². The highest BCUT2D eigenvalue weighted by Gasteiger charge is 2.24. The molecule has 2 aromatic carbocycles. The van der Waals surface area contributed by atoms with Gasteiger partial charge in [0.15, 0.2) is 5.70 Å². The van der Waals surface area contributed by atoms with Crippen LogP contribution >= 0.6 is 0 Å². The number of nitrogens with zero attached hydrogens (tertiary/aromatic N) is 5. The van der Waals surface area contributed by atoms with Crippen LogP contribution in [-0.2, 0) is 20.8 Å². The standard InChI is InChI=1S/C21H19N5O3/c22-25-24-18-7-3-15(4-8-18)13-19-21(27)29-20(23-19)17-5-1-16(2-6-17)14-26-9-11-28-12-10-26/h1-8,13H,9-12,14H2. The topological polar surface area (TPSA) is 99.9 Å². The van der Waals surface area contributed by atoms with E-state index >= 15 is 0 Å². The molecule has 8 heteroatoms. The van der Waals surface area contributed by atoms with E-state index in [1.165, 1.54) is 5.56 Å². The van der Waals surface area contributed by atoms with E-state index in [4.69, 9.17) is 15.0 Å². The fraction of sp³-hybridized carbons (Fsp3) is 0.238. The van der Waals surface area contributed by atoms with Crippen LogP contribution in [0.4, 0.5) is 5.69 Å². The Bertz CT molecular complexity index is 1000. The lowest BCUT2D eigenvalue weighted by molar-refractivity contribution is -0.129. The molecule has 146 valence electrons. The van der Waals surface area contributed by atoms with Crippen molar-refractivity contribution in [1.29, 1.82) is 0 Å². The second-order valence-electron chi connectivity index (χ2n) is 6.70. The second-order valence-corrected chi connectivity index (χ2v) is 6.70. The Hall–Kier alpha value is -3.45. The van der Waals surface area contributed by atoms with Gasteiger partial charge in [-0.3, -0.25) is 4.90 Å². The van der Waals surface area contributed by atoms with Gasteiger partial charge in [-0.1, -0.05) is 41.5 Å². The summed E-state index contributed by atoms with van der Waals surface area (Å²) < 4.78 is 10.7. The van der Waals surface area contributed by atoms with Crippen molar-refractivity contribution in [3.8, 4) is 0 Å². The molecule has 0 aliphatic carbocycles. The maximum absolute atomic E-state index is 12.2. The number of rotatable bonds is 5. The van der Waals surface area contributed by atoms with Crippen molar-refractivity contribution in [2.45, 2.75) is 6.54 Å². The van der Waals surface area contributed by atoms with Crippen molar-refractivity contribution in [2.24, 2.45) is 10.1 Å². The van der Waals surface area contributed by atoms with Crippen molar-refractivity contribution in [3.05, 3.63) is 81.4 Å². The van der Waals surface area contributed by atoms with E-state index < -0.39 is 5.97 Å². The average molecular weight is 389 g/mol. The molecule has 1 saturated heterocycles. The molecule has 0 amide bonds. The molecule has 2 aliphatic rings. The van der Waals surface area contributed by atoms with Gasteiger partial charge >= 0.3 is 5.97 Å². The van der Waals surface area contributed by atoms with Crippen LogP contribution in [0.25, 0.3) is 16.5 Å². The SMILES string of the molecule is [N-]=[N+]=Nc1ccc(C=C2N=C(c3ccc(CN4CCOCC4)cc3)OC2=O)cc1. The lowest BCUT2D eigenvalue weighted by Crippen LogP contribution is -2.35. The number of aliphatic imine (C=N–C) groups is 1. The zero-order valence-corrected chi connectivity index (χ0v) is 15.7. The number of carbonyl (C=O) groups is 1. The van der Waals surface area contributed by atoms with Gasteiger partial charge in [-0.05, 0) is 34.9 Å². The number of hydrogen-bond acceptors (Lipinski definition) is 6. The lowest BCUT2D eigenvalue weighted by atomic mass is 10.1. The lowest BCUT2D eigenvalue weighted by Gasteiger charge is -2.26. The molecule has 0 N–H and O–H groups in total. The number of ether oxygens (including phenoxy) is 2. The molecule has 8 nitrogen and oxygen atoms in total.